The number of fused-ring (bicyclic) bond motifs is 1. The van der Waals surface area contributed by atoms with Gasteiger partial charge in [0.1, 0.15) is 13.2 Å². The fourth-order valence-corrected chi connectivity index (χ4v) is 3.69. The van der Waals surface area contributed by atoms with E-state index in [0.717, 1.165) is 42.3 Å². The Kier molecular flexibility index (Phi) is 7.42. The topological polar surface area (TPSA) is 60.1 Å². The minimum atomic E-state index is 0. The van der Waals surface area contributed by atoms with Gasteiger partial charge in [-0.25, -0.2) is 0 Å². The van der Waals surface area contributed by atoms with Crippen molar-refractivity contribution < 1.29 is 9.47 Å². The first-order valence-corrected chi connectivity index (χ1v) is 8.98. The molecule has 5 nitrogen and oxygen atoms in total. The van der Waals surface area contributed by atoms with Gasteiger partial charge in [0.2, 0.25) is 0 Å². The van der Waals surface area contributed by atoms with Crippen LogP contribution in [0.5, 0.6) is 11.5 Å². The number of guanidine groups is 1. The fourth-order valence-electron chi connectivity index (χ4n) is 2.50. The lowest BCUT2D eigenvalue weighted by atomic mass is 10.1. The fraction of sp³-hybridized carbons (Fsp3) is 0.533. The summed E-state index contributed by atoms with van der Waals surface area (Å²) in [5.41, 5.74) is 7.13. The van der Waals surface area contributed by atoms with Gasteiger partial charge < -0.3 is 20.1 Å². The van der Waals surface area contributed by atoms with Crippen LogP contribution < -0.4 is 15.2 Å². The van der Waals surface area contributed by atoms with E-state index in [0.29, 0.717) is 36.5 Å². The third kappa shape index (κ3) is 4.96. The number of halogens is 2. The second kappa shape index (κ2) is 9.08. The average Bonchev–Trinajstić information content (AvgIpc) is 2.56. The summed E-state index contributed by atoms with van der Waals surface area (Å²) in [5, 5.41) is 0.595. The monoisotopic (exact) mass is 469 g/mol. The normalized spacial score (nSPS) is 17.6. The molecule has 23 heavy (non-hydrogen) atoms. The minimum absolute atomic E-state index is 0. The second-order valence-corrected chi connectivity index (χ2v) is 6.82. The molecule has 0 aromatic heterocycles. The van der Waals surface area contributed by atoms with Crippen LogP contribution in [-0.4, -0.2) is 55.2 Å². The first kappa shape index (κ1) is 18.8. The van der Waals surface area contributed by atoms with Crippen molar-refractivity contribution in [3.8, 4) is 11.5 Å². The standard InChI is InChI=1S/C15H20ClN3O2S.HI/c16-12-9-11(10-13-14(12)21-6-5-20-13)1-2-18-15(17)19-3-7-22-8-4-19;/h9-10H,1-8H2,(H2,17,18);1H. The molecule has 8 heteroatoms. The summed E-state index contributed by atoms with van der Waals surface area (Å²) in [7, 11) is 0. The number of benzene rings is 1. The van der Waals surface area contributed by atoms with Gasteiger partial charge in [0.25, 0.3) is 0 Å². The van der Waals surface area contributed by atoms with Crippen LogP contribution >= 0.6 is 47.3 Å². The Morgan fingerprint density at radius 1 is 1.26 bits per heavy atom. The number of aliphatic imine (C=N–C) groups is 1. The SMILES string of the molecule is I.NC(=NCCc1cc(Cl)c2c(c1)OCCO2)N1CCSCC1. The van der Waals surface area contributed by atoms with Gasteiger partial charge in [0, 0.05) is 31.1 Å². The molecule has 1 aromatic carbocycles. The number of rotatable bonds is 3. The number of hydrogen-bond acceptors (Lipinski definition) is 4. The molecular weight excluding hydrogens is 449 g/mol. The Bertz CT molecular complexity index is 568. The number of nitrogens with two attached hydrogens (primary N) is 1. The molecule has 0 amide bonds. The van der Waals surface area contributed by atoms with Crippen LogP contribution in [0.25, 0.3) is 0 Å². The smallest absolute Gasteiger partial charge is 0.191 e. The highest BCUT2D eigenvalue weighted by molar-refractivity contribution is 14.0. The molecule has 0 saturated carbocycles. The van der Waals surface area contributed by atoms with E-state index >= 15 is 0 Å². The molecule has 2 aliphatic rings. The molecule has 0 bridgehead atoms. The van der Waals surface area contributed by atoms with Crippen LogP contribution in [0.4, 0.5) is 0 Å². The molecule has 1 saturated heterocycles. The number of ether oxygens (including phenoxy) is 2. The molecule has 0 atom stereocenters. The summed E-state index contributed by atoms with van der Waals surface area (Å²) >= 11 is 8.19. The Morgan fingerprint density at radius 2 is 2.00 bits per heavy atom. The zero-order chi connectivity index (χ0) is 15.4. The first-order chi connectivity index (χ1) is 10.7. The van der Waals surface area contributed by atoms with Crippen molar-refractivity contribution in [2.75, 3.05) is 44.4 Å². The van der Waals surface area contributed by atoms with E-state index in [2.05, 4.69) is 9.89 Å². The van der Waals surface area contributed by atoms with Crippen LogP contribution in [0.2, 0.25) is 5.02 Å². The molecule has 2 heterocycles. The van der Waals surface area contributed by atoms with Crippen LogP contribution in [0.1, 0.15) is 5.56 Å². The Morgan fingerprint density at radius 3 is 2.78 bits per heavy atom. The maximum absolute atomic E-state index is 6.23. The molecule has 2 aliphatic heterocycles. The van der Waals surface area contributed by atoms with Gasteiger partial charge >= 0.3 is 0 Å². The molecule has 2 N–H and O–H groups in total. The average molecular weight is 470 g/mol. The summed E-state index contributed by atoms with van der Waals surface area (Å²) in [6.45, 7) is 3.71. The summed E-state index contributed by atoms with van der Waals surface area (Å²) < 4.78 is 11.1. The highest BCUT2D eigenvalue weighted by atomic mass is 127. The van der Waals surface area contributed by atoms with Gasteiger partial charge in [-0.2, -0.15) is 11.8 Å². The van der Waals surface area contributed by atoms with Gasteiger partial charge in [-0.15, -0.1) is 24.0 Å². The molecule has 1 fully saturated rings. The molecule has 128 valence electrons. The van der Waals surface area contributed by atoms with Gasteiger partial charge in [-0.05, 0) is 24.1 Å². The van der Waals surface area contributed by atoms with E-state index < -0.39 is 0 Å². The number of hydrogen-bond donors (Lipinski definition) is 1. The van der Waals surface area contributed by atoms with Gasteiger partial charge in [0.15, 0.2) is 17.5 Å². The zero-order valence-corrected chi connectivity index (χ0v) is 16.7. The van der Waals surface area contributed by atoms with Crippen LogP contribution in [0.3, 0.4) is 0 Å². The molecule has 0 aliphatic carbocycles. The van der Waals surface area contributed by atoms with Crippen LogP contribution in [0.15, 0.2) is 17.1 Å². The third-order valence-corrected chi connectivity index (χ3v) is 4.89. The summed E-state index contributed by atoms with van der Waals surface area (Å²) in [5.74, 6) is 4.25. The predicted molar refractivity (Wildman–Crippen MR) is 107 cm³/mol. The van der Waals surface area contributed by atoms with Crippen molar-refractivity contribution in [1.82, 2.24) is 4.90 Å². The number of nitrogens with zero attached hydrogens (tertiary/aromatic N) is 2. The third-order valence-electron chi connectivity index (χ3n) is 3.67. The molecular formula is C15H21ClIN3O2S. The maximum Gasteiger partial charge on any atom is 0.191 e. The van der Waals surface area contributed by atoms with Crippen molar-refractivity contribution in [3.05, 3.63) is 22.7 Å². The largest absolute Gasteiger partial charge is 0.486 e. The van der Waals surface area contributed by atoms with E-state index in [-0.39, 0.29) is 24.0 Å². The molecule has 1 aromatic rings. The van der Waals surface area contributed by atoms with Crippen molar-refractivity contribution >= 4 is 53.3 Å². The summed E-state index contributed by atoms with van der Waals surface area (Å²) in [6, 6.07) is 3.89. The van der Waals surface area contributed by atoms with Gasteiger partial charge in [-0.3, -0.25) is 4.99 Å². The summed E-state index contributed by atoms with van der Waals surface area (Å²) in [4.78, 5) is 6.63. The van der Waals surface area contributed by atoms with Crippen LogP contribution in [0, 0.1) is 0 Å². The quantitative estimate of drug-likeness (QED) is 0.419. The molecule has 0 spiro atoms. The Balaban J connectivity index is 0.00000192. The maximum atomic E-state index is 6.23. The highest BCUT2D eigenvalue weighted by Crippen LogP contribution is 2.38. The molecule has 0 unspecified atom stereocenters. The van der Waals surface area contributed by atoms with E-state index in [4.69, 9.17) is 26.8 Å². The summed E-state index contributed by atoms with van der Waals surface area (Å²) in [6.07, 6.45) is 0.777. The van der Waals surface area contributed by atoms with E-state index in [1.54, 1.807) is 0 Å². The lowest BCUT2D eigenvalue weighted by Crippen LogP contribution is -2.42. The minimum Gasteiger partial charge on any atom is -0.486 e. The lowest BCUT2D eigenvalue weighted by Gasteiger charge is -2.27. The highest BCUT2D eigenvalue weighted by Gasteiger charge is 2.16. The van der Waals surface area contributed by atoms with E-state index in [1.807, 2.05) is 23.9 Å². The second-order valence-electron chi connectivity index (χ2n) is 5.19. The molecule has 0 radical (unpaired) electrons. The van der Waals surface area contributed by atoms with Crippen LogP contribution in [-0.2, 0) is 6.42 Å². The Labute approximate surface area is 162 Å². The van der Waals surface area contributed by atoms with Crippen molar-refractivity contribution in [3.63, 3.8) is 0 Å². The van der Waals surface area contributed by atoms with Crippen molar-refractivity contribution in [2.45, 2.75) is 6.42 Å². The molecule has 3 rings (SSSR count). The van der Waals surface area contributed by atoms with Crippen molar-refractivity contribution in [2.24, 2.45) is 10.7 Å². The lowest BCUT2D eigenvalue weighted by molar-refractivity contribution is 0.171. The van der Waals surface area contributed by atoms with E-state index in [9.17, 15) is 0 Å². The first-order valence-electron chi connectivity index (χ1n) is 7.44. The van der Waals surface area contributed by atoms with Gasteiger partial charge in [-0.1, -0.05) is 11.6 Å². The Hall–Kier alpha value is -0.540. The zero-order valence-electron chi connectivity index (χ0n) is 12.8. The predicted octanol–water partition coefficient (Wildman–Crippen LogP) is 2.64. The van der Waals surface area contributed by atoms with Crippen molar-refractivity contribution in [1.29, 1.82) is 0 Å². The number of thioether (sulfide) groups is 1. The van der Waals surface area contributed by atoms with E-state index in [1.165, 1.54) is 0 Å². The van der Waals surface area contributed by atoms with Gasteiger partial charge in [0.05, 0.1) is 5.02 Å².